The van der Waals surface area contributed by atoms with E-state index >= 15 is 0 Å². The van der Waals surface area contributed by atoms with E-state index in [9.17, 15) is 4.79 Å². The number of fused-ring (bicyclic) bond motifs is 1. The van der Waals surface area contributed by atoms with Gasteiger partial charge in [-0.15, -0.1) is 0 Å². The van der Waals surface area contributed by atoms with Gasteiger partial charge in [-0.05, 0) is 31.2 Å². The average molecular weight is 515 g/mol. The summed E-state index contributed by atoms with van der Waals surface area (Å²) in [6, 6.07) is 12.9. The molecule has 0 unspecified atom stereocenters. The summed E-state index contributed by atoms with van der Waals surface area (Å²) in [5, 5.41) is 10.5. The lowest BCUT2D eigenvalue weighted by Gasteiger charge is -2.15. The van der Waals surface area contributed by atoms with Crippen LogP contribution in [-0.2, 0) is 11.3 Å². The Morgan fingerprint density at radius 1 is 1.11 bits per heavy atom. The highest BCUT2D eigenvalue weighted by Crippen LogP contribution is 2.38. The van der Waals surface area contributed by atoms with Gasteiger partial charge in [-0.25, -0.2) is 9.97 Å². The molecule has 0 saturated carbocycles. The summed E-state index contributed by atoms with van der Waals surface area (Å²) in [5.41, 5.74) is 8.93. The molecule has 5 aromatic rings. The maximum atomic E-state index is 12.2. The summed E-state index contributed by atoms with van der Waals surface area (Å²) < 4.78 is 18.8. The van der Waals surface area contributed by atoms with Crippen LogP contribution in [0, 0.1) is 0 Å². The summed E-state index contributed by atoms with van der Waals surface area (Å²) in [6.07, 6.45) is 4.82. The van der Waals surface area contributed by atoms with Gasteiger partial charge in [0.05, 0.1) is 43.4 Å². The first-order valence-electron chi connectivity index (χ1n) is 11.9. The van der Waals surface area contributed by atoms with Gasteiger partial charge in [-0.3, -0.25) is 9.48 Å². The van der Waals surface area contributed by atoms with Crippen LogP contribution < -0.4 is 21.1 Å². The van der Waals surface area contributed by atoms with Gasteiger partial charge in [0.15, 0.2) is 11.3 Å². The van der Waals surface area contributed by atoms with Gasteiger partial charge < -0.3 is 30.3 Å². The summed E-state index contributed by atoms with van der Waals surface area (Å²) in [7, 11) is 1.54. The number of amides is 1. The van der Waals surface area contributed by atoms with Gasteiger partial charge in [-0.2, -0.15) is 10.1 Å². The van der Waals surface area contributed by atoms with E-state index in [0.29, 0.717) is 53.9 Å². The van der Waals surface area contributed by atoms with Crippen molar-refractivity contribution in [3.05, 3.63) is 66.6 Å². The first-order valence-corrected chi connectivity index (χ1v) is 11.9. The fourth-order valence-electron chi connectivity index (χ4n) is 3.84. The second-order valence-electron chi connectivity index (χ2n) is 8.13. The number of nitrogens with zero attached hydrogens (tertiary/aromatic N) is 5. The Hall–Kier alpha value is -4.97. The third kappa shape index (κ3) is 5.25. The van der Waals surface area contributed by atoms with Crippen LogP contribution in [0.4, 0.5) is 23.1 Å². The zero-order valence-electron chi connectivity index (χ0n) is 20.8. The lowest BCUT2D eigenvalue weighted by molar-refractivity contribution is 0.100. The third-order valence-corrected chi connectivity index (χ3v) is 5.61. The van der Waals surface area contributed by atoms with Gasteiger partial charge in [0, 0.05) is 19.0 Å². The first kappa shape index (κ1) is 24.7. The number of hydrogen-bond donors (Lipinski definition) is 3. The minimum absolute atomic E-state index is 0.109. The number of aromatic nitrogens is 5. The number of primary amides is 1. The van der Waals surface area contributed by atoms with Gasteiger partial charge in [0.1, 0.15) is 16.9 Å². The van der Waals surface area contributed by atoms with Crippen molar-refractivity contribution in [1.29, 1.82) is 0 Å². The van der Waals surface area contributed by atoms with E-state index in [1.54, 1.807) is 16.9 Å². The largest absolute Gasteiger partial charge is 0.494 e. The highest BCUT2D eigenvalue weighted by molar-refractivity contribution is 5.98. The topological polar surface area (TPSA) is 155 Å². The lowest BCUT2D eigenvalue weighted by Crippen LogP contribution is -2.16. The molecule has 194 valence electrons. The minimum atomic E-state index is -0.683. The van der Waals surface area contributed by atoms with Crippen molar-refractivity contribution in [2.45, 2.75) is 13.5 Å². The lowest BCUT2D eigenvalue weighted by atomic mass is 10.1. The van der Waals surface area contributed by atoms with Crippen molar-refractivity contribution in [3.8, 4) is 17.2 Å². The number of nitrogens with one attached hydrogen (secondary N) is 2. The predicted octanol–water partition coefficient (Wildman–Crippen LogP) is 4.11. The van der Waals surface area contributed by atoms with Crippen LogP contribution in [0.2, 0.25) is 0 Å². The van der Waals surface area contributed by atoms with Gasteiger partial charge in [0.2, 0.25) is 11.8 Å². The monoisotopic (exact) mass is 514 g/mol. The molecule has 5 rings (SSSR count). The van der Waals surface area contributed by atoms with Crippen LogP contribution in [0.1, 0.15) is 17.3 Å². The average Bonchev–Trinajstić information content (AvgIpc) is 3.55. The number of para-hydroxylation sites is 3. The predicted molar refractivity (Wildman–Crippen MR) is 142 cm³/mol. The molecule has 0 radical (unpaired) electrons. The van der Waals surface area contributed by atoms with Crippen molar-refractivity contribution in [1.82, 2.24) is 24.7 Å². The zero-order chi connectivity index (χ0) is 26.5. The number of benzene rings is 2. The van der Waals surface area contributed by atoms with Crippen molar-refractivity contribution in [3.63, 3.8) is 0 Å². The molecule has 0 bridgehead atoms. The van der Waals surface area contributed by atoms with Crippen molar-refractivity contribution >= 4 is 40.1 Å². The second-order valence-corrected chi connectivity index (χ2v) is 8.13. The summed E-state index contributed by atoms with van der Waals surface area (Å²) >= 11 is 0. The number of oxazole rings is 1. The Bertz CT molecular complexity index is 1550. The SMILES string of the molecule is CCOCCn1cc(Nc2ncc(C(N)=O)c(Nc3cccc(-c4nc5ccccc5o4)c3OC)n2)cn1. The fraction of sp³-hybridized carbons (Fsp3) is 0.192. The molecule has 3 aromatic heterocycles. The Labute approximate surface area is 217 Å². The number of ether oxygens (including phenoxy) is 2. The van der Waals surface area contributed by atoms with Gasteiger partial charge >= 0.3 is 0 Å². The summed E-state index contributed by atoms with van der Waals surface area (Å²) in [6.45, 7) is 3.75. The van der Waals surface area contributed by atoms with Gasteiger partial charge in [-0.1, -0.05) is 18.2 Å². The molecule has 1 amide bonds. The van der Waals surface area contributed by atoms with E-state index in [4.69, 9.17) is 19.6 Å². The maximum absolute atomic E-state index is 12.2. The summed E-state index contributed by atoms with van der Waals surface area (Å²) in [4.78, 5) is 25.4. The highest BCUT2D eigenvalue weighted by Gasteiger charge is 2.19. The minimum Gasteiger partial charge on any atom is -0.494 e. The number of carbonyl (C=O) groups excluding carboxylic acids is 1. The molecule has 0 aliphatic carbocycles. The summed E-state index contributed by atoms with van der Waals surface area (Å²) in [5.74, 6) is 0.617. The van der Waals surface area contributed by atoms with E-state index in [2.05, 4.69) is 30.7 Å². The maximum Gasteiger partial charge on any atom is 0.254 e. The number of carbonyl (C=O) groups is 1. The van der Waals surface area contributed by atoms with Gasteiger partial charge in [0.25, 0.3) is 5.91 Å². The number of methoxy groups -OCH3 is 1. The third-order valence-electron chi connectivity index (χ3n) is 5.61. The number of anilines is 4. The molecule has 38 heavy (non-hydrogen) atoms. The molecule has 12 heteroatoms. The van der Waals surface area contributed by atoms with E-state index in [-0.39, 0.29) is 17.3 Å². The van der Waals surface area contributed by atoms with E-state index in [1.807, 2.05) is 49.5 Å². The molecular weight excluding hydrogens is 488 g/mol. The second kappa shape index (κ2) is 11.0. The molecule has 0 aliphatic heterocycles. The molecule has 0 atom stereocenters. The van der Waals surface area contributed by atoms with Crippen LogP contribution in [0.5, 0.6) is 5.75 Å². The van der Waals surface area contributed by atoms with Crippen LogP contribution in [-0.4, -0.2) is 51.0 Å². The molecule has 12 nitrogen and oxygen atoms in total. The standard InChI is InChI=1S/C26H26N8O4/c1-3-37-12-11-34-15-16(13-29-34)30-26-28-14-18(23(27)35)24(33-26)31-20-9-6-7-17(22(20)36-2)25-32-19-8-4-5-10-21(19)38-25/h4-10,13-15H,3,11-12H2,1-2H3,(H2,27,35)(H2,28,30,31,33). The Kier molecular flexibility index (Phi) is 7.13. The highest BCUT2D eigenvalue weighted by atomic mass is 16.5. The first-order chi connectivity index (χ1) is 18.6. The number of rotatable bonds is 11. The van der Waals surface area contributed by atoms with Crippen molar-refractivity contribution < 1.29 is 18.7 Å². The van der Waals surface area contributed by atoms with E-state index in [1.165, 1.54) is 13.3 Å². The number of nitrogens with two attached hydrogens (primary N) is 1. The normalized spacial score (nSPS) is 11.0. The van der Waals surface area contributed by atoms with Crippen LogP contribution in [0.15, 0.2) is 65.5 Å². The van der Waals surface area contributed by atoms with Crippen molar-refractivity contribution in [2.24, 2.45) is 5.73 Å². The van der Waals surface area contributed by atoms with Crippen LogP contribution in [0.3, 0.4) is 0 Å². The molecule has 3 heterocycles. The molecule has 0 fully saturated rings. The Balaban J connectivity index is 1.44. The van der Waals surface area contributed by atoms with Crippen LogP contribution >= 0.6 is 0 Å². The quantitative estimate of drug-likeness (QED) is 0.219. The zero-order valence-corrected chi connectivity index (χ0v) is 20.8. The Morgan fingerprint density at radius 2 is 1.97 bits per heavy atom. The van der Waals surface area contributed by atoms with E-state index < -0.39 is 5.91 Å². The molecule has 0 aliphatic rings. The molecule has 2 aromatic carbocycles. The molecule has 0 spiro atoms. The number of hydrogen-bond acceptors (Lipinski definition) is 10. The van der Waals surface area contributed by atoms with Crippen molar-refractivity contribution in [2.75, 3.05) is 31.0 Å². The molecule has 0 saturated heterocycles. The molecular formula is C26H26N8O4. The molecule has 4 N–H and O–H groups in total. The smallest absolute Gasteiger partial charge is 0.254 e. The Morgan fingerprint density at radius 3 is 2.76 bits per heavy atom. The van der Waals surface area contributed by atoms with E-state index in [0.717, 1.165) is 5.52 Å². The fourth-order valence-corrected chi connectivity index (χ4v) is 3.84. The van der Waals surface area contributed by atoms with Crippen LogP contribution in [0.25, 0.3) is 22.6 Å².